The predicted molar refractivity (Wildman–Crippen MR) is 52.0 cm³/mol. The van der Waals surface area contributed by atoms with Crippen molar-refractivity contribution in [3.8, 4) is 11.8 Å². The lowest BCUT2D eigenvalue weighted by Crippen LogP contribution is -1.72. The van der Waals surface area contributed by atoms with Crippen LogP contribution in [0.15, 0.2) is 41.4 Å². The molecule has 0 saturated carbocycles. The van der Waals surface area contributed by atoms with Crippen LogP contribution in [0, 0.1) is 11.8 Å². The zero-order chi connectivity index (χ0) is 9.52. The van der Waals surface area contributed by atoms with E-state index in [9.17, 15) is 0 Å². The second-order valence-corrected chi connectivity index (χ2v) is 2.46. The van der Waals surface area contributed by atoms with Gasteiger partial charge in [0.25, 0.3) is 0 Å². The molecule has 0 atom stereocenters. The van der Waals surface area contributed by atoms with E-state index in [1.54, 1.807) is 0 Å². The van der Waals surface area contributed by atoms with Gasteiger partial charge in [-0.25, -0.2) is 4.98 Å². The van der Waals surface area contributed by atoms with E-state index in [2.05, 4.69) is 30.3 Å². The Morgan fingerprint density at radius 1 is 1.77 bits per heavy atom. The minimum atomic E-state index is 0.631. The fourth-order valence-corrected chi connectivity index (χ4v) is 0.720. The molecule has 0 fully saturated rings. The fraction of sp³-hybridized carbons (Fsp3) is 0.182. The summed E-state index contributed by atoms with van der Waals surface area (Å²) in [4.78, 5) is 3.86. The Hall–Kier alpha value is -1.75. The van der Waals surface area contributed by atoms with E-state index in [4.69, 9.17) is 4.42 Å². The first-order valence-corrected chi connectivity index (χ1v) is 4.08. The van der Waals surface area contributed by atoms with Crippen LogP contribution in [0.25, 0.3) is 0 Å². The van der Waals surface area contributed by atoms with Crippen molar-refractivity contribution in [3.63, 3.8) is 0 Å². The summed E-state index contributed by atoms with van der Waals surface area (Å²) < 4.78 is 4.77. The Morgan fingerprint density at radius 3 is 3.23 bits per heavy atom. The molecule has 0 aliphatic heterocycles. The molecule has 0 aromatic carbocycles. The molecule has 0 saturated heterocycles. The molecule has 0 unspecified atom stereocenters. The third-order valence-electron chi connectivity index (χ3n) is 1.34. The third kappa shape index (κ3) is 3.44. The van der Waals surface area contributed by atoms with Crippen molar-refractivity contribution in [2.45, 2.75) is 13.3 Å². The van der Waals surface area contributed by atoms with Gasteiger partial charge < -0.3 is 4.42 Å². The van der Waals surface area contributed by atoms with Crippen molar-refractivity contribution in [2.75, 3.05) is 0 Å². The highest BCUT2D eigenvalue weighted by atomic mass is 16.3. The van der Waals surface area contributed by atoms with Gasteiger partial charge >= 0.3 is 0 Å². The largest absolute Gasteiger partial charge is 0.450 e. The van der Waals surface area contributed by atoms with Crippen molar-refractivity contribution in [2.24, 2.45) is 0 Å². The van der Waals surface area contributed by atoms with Gasteiger partial charge in [-0.1, -0.05) is 31.6 Å². The van der Waals surface area contributed by atoms with E-state index in [-0.39, 0.29) is 0 Å². The molecule has 0 N–H and O–H groups in total. The maximum atomic E-state index is 4.77. The van der Waals surface area contributed by atoms with E-state index < -0.39 is 0 Å². The molecule has 66 valence electrons. The van der Waals surface area contributed by atoms with Gasteiger partial charge in [-0.15, -0.1) is 0 Å². The van der Waals surface area contributed by atoms with Gasteiger partial charge in [-0.2, -0.15) is 0 Å². The van der Waals surface area contributed by atoms with Crippen molar-refractivity contribution in [1.29, 1.82) is 0 Å². The normalized spacial score (nSPS) is 9.62. The molecular weight excluding hydrogens is 162 g/mol. The highest BCUT2D eigenvalue weighted by Crippen LogP contribution is 1.94. The van der Waals surface area contributed by atoms with Crippen LogP contribution in [0.2, 0.25) is 0 Å². The number of aromatic nitrogens is 1. The molecule has 1 rings (SSSR count). The maximum absolute atomic E-state index is 4.77. The molecule has 2 heteroatoms. The summed E-state index contributed by atoms with van der Waals surface area (Å²) in [6.45, 7) is 5.84. The summed E-state index contributed by atoms with van der Waals surface area (Å²) in [6, 6.07) is 0. The van der Waals surface area contributed by atoms with Gasteiger partial charge in [0.2, 0.25) is 0 Å². The standard InChI is InChI=1S/C11H11NO/c1-3-4-5-10(2)6-7-11-8-13-9-12-11/h4-5,8-9H,2-3H2,1H3/b5-4-. The fourth-order valence-electron chi connectivity index (χ4n) is 0.720. The molecule has 0 bridgehead atoms. The molecule has 0 radical (unpaired) electrons. The molecule has 13 heavy (non-hydrogen) atoms. The third-order valence-corrected chi connectivity index (χ3v) is 1.34. The Kier molecular flexibility index (Phi) is 3.59. The quantitative estimate of drug-likeness (QED) is 0.507. The number of nitrogens with zero attached hydrogens (tertiary/aromatic N) is 1. The van der Waals surface area contributed by atoms with E-state index in [1.165, 1.54) is 12.7 Å². The Balaban J connectivity index is 2.57. The highest BCUT2D eigenvalue weighted by Gasteiger charge is 1.86. The monoisotopic (exact) mass is 173 g/mol. The number of rotatable bonds is 2. The zero-order valence-corrected chi connectivity index (χ0v) is 7.58. The van der Waals surface area contributed by atoms with Gasteiger partial charge in [0.1, 0.15) is 6.26 Å². The molecule has 0 aliphatic rings. The van der Waals surface area contributed by atoms with Crippen LogP contribution in [-0.4, -0.2) is 4.98 Å². The molecule has 0 spiro atoms. The topological polar surface area (TPSA) is 26.0 Å². The lowest BCUT2D eigenvalue weighted by molar-refractivity contribution is 0.557. The van der Waals surface area contributed by atoms with Gasteiger partial charge in [-0.3, -0.25) is 0 Å². The SMILES string of the molecule is C=C(C#Cc1cocn1)/C=C\CC. The van der Waals surface area contributed by atoms with Gasteiger partial charge in [-0.05, 0) is 12.3 Å². The van der Waals surface area contributed by atoms with Crippen molar-refractivity contribution in [3.05, 3.63) is 42.7 Å². The smallest absolute Gasteiger partial charge is 0.181 e. The second kappa shape index (κ2) is 5.00. The molecular formula is C11H11NO. The Morgan fingerprint density at radius 2 is 2.62 bits per heavy atom. The summed E-state index contributed by atoms with van der Waals surface area (Å²) >= 11 is 0. The Bertz CT molecular complexity index is 349. The number of allylic oxidation sites excluding steroid dienone is 3. The predicted octanol–water partition coefficient (Wildman–Crippen LogP) is 2.55. The maximum Gasteiger partial charge on any atom is 0.181 e. The molecule has 0 aliphatic carbocycles. The Labute approximate surface area is 78.0 Å². The lowest BCUT2D eigenvalue weighted by Gasteiger charge is -1.82. The van der Waals surface area contributed by atoms with Gasteiger partial charge in [0.15, 0.2) is 12.1 Å². The molecule has 0 amide bonds. The van der Waals surface area contributed by atoms with Gasteiger partial charge in [0.05, 0.1) is 0 Å². The van der Waals surface area contributed by atoms with Crippen LogP contribution in [0.3, 0.4) is 0 Å². The average molecular weight is 173 g/mol. The van der Waals surface area contributed by atoms with Crippen molar-refractivity contribution in [1.82, 2.24) is 4.98 Å². The minimum Gasteiger partial charge on any atom is -0.450 e. The van der Waals surface area contributed by atoms with E-state index in [1.807, 2.05) is 12.2 Å². The lowest BCUT2D eigenvalue weighted by atomic mass is 10.2. The van der Waals surface area contributed by atoms with Crippen LogP contribution >= 0.6 is 0 Å². The summed E-state index contributed by atoms with van der Waals surface area (Å²) in [6.07, 6.45) is 7.76. The summed E-state index contributed by atoms with van der Waals surface area (Å²) in [5.41, 5.74) is 1.41. The first-order valence-electron chi connectivity index (χ1n) is 4.08. The number of hydrogen-bond donors (Lipinski definition) is 0. The van der Waals surface area contributed by atoms with E-state index in [0.29, 0.717) is 5.69 Å². The van der Waals surface area contributed by atoms with Crippen LogP contribution in [-0.2, 0) is 0 Å². The first kappa shape index (κ1) is 9.34. The van der Waals surface area contributed by atoms with Crippen molar-refractivity contribution >= 4 is 0 Å². The molecule has 1 aromatic rings. The molecule has 2 nitrogen and oxygen atoms in total. The minimum absolute atomic E-state index is 0.631. The van der Waals surface area contributed by atoms with Crippen LogP contribution in [0.5, 0.6) is 0 Å². The zero-order valence-electron chi connectivity index (χ0n) is 7.58. The van der Waals surface area contributed by atoms with E-state index >= 15 is 0 Å². The summed E-state index contributed by atoms with van der Waals surface area (Å²) in [5.74, 6) is 5.69. The highest BCUT2D eigenvalue weighted by molar-refractivity contribution is 5.40. The molecule has 1 aromatic heterocycles. The van der Waals surface area contributed by atoms with Crippen molar-refractivity contribution < 1.29 is 4.42 Å². The number of hydrogen-bond acceptors (Lipinski definition) is 2. The van der Waals surface area contributed by atoms with Crippen LogP contribution < -0.4 is 0 Å². The second-order valence-electron chi connectivity index (χ2n) is 2.46. The summed E-state index contributed by atoms with van der Waals surface area (Å²) in [5, 5.41) is 0. The average Bonchev–Trinajstić information content (AvgIpc) is 2.64. The summed E-state index contributed by atoms with van der Waals surface area (Å²) in [7, 11) is 0. The first-order chi connectivity index (χ1) is 6.33. The van der Waals surface area contributed by atoms with Crippen LogP contribution in [0.4, 0.5) is 0 Å². The van der Waals surface area contributed by atoms with Gasteiger partial charge in [0, 0.05) is 5.57 Å². The van der Waals surface area contributed by atoms with E-state index in [0.717, 1.165) is 12.0 Å². The van der Waals surface area contributed by atoms with Crippen LogP contribution in [0.1, 0.15) is 19.0 Å². The number of oxazole rings is 1. The molecule has 1 heterocycles.